The number of nitrogens with two attached hydrogens (primary N) is 1. The molecule has 2 aromatic rings. The van der Waals surface area contributed by atoms with Gasteiger partial charge in [0.15, 0.2) is 5.75 Å². The zero-order valence-electron chi connectivity index (χ0n) is 10.8. The minimum Gasteiger partial charge on any atom is -0.490 e. The Labute approximate surface area is 115 Å². The van der Waals surface area contributed by atoms with Crippen LogP contribution in [-0.2, 0) is 6.61 Å². The quantitative estimate of drug-likeness (QED) is 0.662. The summed E-state index contributed by atoms with van der Waals surface area (Å²) in [6, 6.07) is 7.86. The molecule has 104 valence electrons. The van der Waals surface area contributed by atoms with E-state index in [0.717, 1.165) is 5.56 Å². The maximum absolute atomic E-state index is 10.9. The second-order valence-electron chi connectivity index (χ2n) is 3.97. The molecule has 0 bridgehead atoms. The first-order valence-electron chi connectivity index (χ1n) is 5.76. The first-order chi connectivity index (χ1) is 9.60. The highest BCUT2D eigenvalue weighted by atomic mass is 16.6. The molecule has 0 atom stereocenters. The molecule has 0 aliphatic heterocycles. The third-order valence-corrected chi connectivity index (χ3v) is 2.60. The van der Waals surface area contributed by atoms with Gasteiger partial charge < -0.3 is 15.2 Å². The molecule has 0 aliphatic rings. The van der Waals surface area contributed by atoms with Gasteiger partial charge >= 0.3 is 5.69 Å². The number of nitrogens with zero attached hydrogens (tertiary/aromatic N) is 2. The maximum Gasteiger partial charge on any atom is 0.314 e. The topological polar surface area (TPSA) is 101 Å². The number of methoxy groups -OCH3 is 1. The van der Waals surface area contributed by atoms with Gasteiger partial charge in [0.1, 0.15) is 18.2 Å². The molecule has 0 aliphatic carbocycles. The van der Waals surface area contributed by atoms with Crippen molar-refractivity contribution in [3.63, 3.8) is 0 Å². The van der Waals surface area contributed by atoms with Gasteiger partial charge in [-0.05, 0) is 29.8 Å². The third kappa shape index (κ3) is 3.14. The van der Waals surface area contributed by atoms with Gasteiger partial charge in [0.2, 0.25) is 0 Å². The lowest BCUT2D eigenvalue weighted by atomic mass is 10.2. The highest BCUT2D eigenvalue weighted by Crippen LogP contribution is 2.31. The molecule has 0 amide bonds. The predicted octanol–water partition coefficient (Wildman–Crippen LogP) is 2.16. The Morgan fingerprint density at radius 2 is 2.15 bits per heavy atom. The van der Waals surface area contributed by atoms with Crippen LogP contribution in [0.5, 0.6) is 11.5 Å². The standard InChI is InChI=1S/C13H13N3O4/c1-19-12-3-2-10(7-11(12)16(17)18)20-8-9-4-5-15-13(14)6-9/h2-7H,8H2,1H3,(H2,14,15). The van der Waals surface area contributed by atoms with E-state index >= 15 is 0 Å². The van der Waals surface area contributed by atoms with Crippen LogP contribution < -0.4 is 15.2 Å². The molecule has 2 N–H and O–H groups in total. The lowest BCUT2D eigenvalue weighted by molar-refractivity contribution is -0.385. The van der Waals surface area contributed by atoms with Crippen LogP contribution in [0.1, 0.15) is 5.56 Å². The predicted molar refractivity (Wildman–Crippen MR) is 72.6 cm³/mol. The summed E-state index contributed by atoms with van der Waals surface area (Å²) in [5.41, 5.74) is 6.25. The van der Waals surface area contributed by atoms with E-state index in [0.29, 0.717) is 11.6 Å². The van der Waals surface area contributed by atoms with Crippen LogP contribution in [0.3, 0.4) is 0 Å². The number of nitro groups is 1. The first kappa shape index (κ1) is 13.6. The van der Waals surface area contributed by atoms with E-state index in [1.54, 1.807) is 24.4 Å². The zero-order valence-corrected chi connectivity index (χ0v) is 10.8. The molecule has 20 heavy (non-hydrogen) atoms. The molecular weight excluding hydrogens is 262 g/mol. The molecule has 1 aromatic heterocycles. The van der Waals surface area contributed by atoms with Crippen molar-refractivity contribution in [1.29, 1.82) is 0 Å². The molecule has 0 saturated heterocycles. The number of hydrogen-bond acceptors (Lipinski definition) is 6. The molecule has 0 spiro atoms. The van der Waals surface area contributed by atoms with E-state index < -0.39 is 4.92 Å². The Kier molecular flexibility index (Phi) is 3.99. The number of hydrogen-bond donors (Lipinski definition) is 1. The molecule has 0 saturated carbocycles. The van der Waals surface area contributed by atoms with Crippen LogP contribution in [0.15, 0.2) is 36.5 Å². The van der Waals surface area contributed by atoms with Crippen LogP contribution in [0, 0.1) is 10.1 Å². The van der Waals surface area contributed by atoms with Crippen molar-refractivity contribution in [2.24, 2.45) is 0 Å². The van der Waals surface area contributed by atoms with Gasteiger partial charge in [0.25, 0.3) is 0 Å². The Bertz CT molecular complexity index is 631. The van der Waals surface area contributed by atoms with Crippen molar-refractivity contribution in [3.05, 3.63) is 52.2 Å². The summed E-state index contributed by atoms with van der Waals surface area (Å²) >= 11 is 0. The SMILES string of the molecule is COc1ccc(OCc2ccnc(N)c2)cc1[N+](=O)[O-]. The third-order valence-electron chi connectivity index (χ3n) is 2.60. The highest BCUT2D eigenvalue weighted by Gasteiger charge is 2.15. The highest BCUT2D eigenvalue weighted by molar-refractivity contribution is 5.50. The molecule has 0 unspecified atom stereocenters. The van der Waals surface area contributed by atoms with Crippen molar-refractivity contribution in [2.75, 3.05) is 12.8 Å². The van der Waals surface area contributed by atoms with Crippen LogP contribution in [0.2, 0.25) is 0 Å². The maximum atomic E-state index is 10.9. The Morgan fingerprint density at radius 3 is 2.80 bits per heavy atom. The van der Waals surface area contributed by atoms with Crippen molar-refractivity contribution in [1.82, 2.24) is 4.98 Å². The summed E-state index contributed by atoms with van der Waals surface area (Å²) in [6.45, 7) is 0.246. The molecule has 2 rings (SSSR count). The summed E-state index contributed by atoms with van der Waals surface area (Å²) in [6.07, 6.45) is 1.57. The minimum atomic E-state index is -0.518. The summed E-state index contributed by atoms with van der Waals surface area (Å²) in [7, 11) is 1.38. The molecule has 1 aromatic carbocycles. The Hall–Kier alpha value is -2.83. The van der Waals surface area contributed by atoms with E-state index in [-0.39, 0.29) is 18.0 Å². The van der Waals surface area contributed by atoms with Crippen molar-refractivity contribution in [2.45, 2.75) is 6.61 Å². The van der Waals surface area contributed by atoms with Gasteiger partial charge in [0.05, 0.1) is 18.1 Å². The second kappa shape index (κ2) is 5.87. The van der Waals surface area contributed by atoms with Crippen LogP contribution in [0.25, 0.3) is 0 Å². The molecule has 1 heterocycles. The fraction of sp³-hybridized carbons (Fsp3) is 0.154. The van der Waals surface area contributed by atoms with Gasteiger partial charge in [-0.15, -0.1) is 0 Å². The number of anilines is 1. The smallest absolute Gasteiger partial charge is 0.314 e. The number of pyridine rings is 1. The largest absolute Gasteiger partial charge is 0.490 e. The lowest BCUT2D eigenvalue weighted by Gasteiger charge is -2.08. The molecule has 7 nitrogen and oxygen atoms in total. The number of nitrogen functional groups attached to an aromatic ring is 1. The number of nitro benzene ring substituents is 1. The van der Waals surface area contributed by atoms with Gasteiger partial charge in [-0.1, -0.05) is 0 Å². The number of rotatable bonds is 5. The molecule has 7 heteroatoms. The zero-order chi connectivity index (χ0) is 14.5. The second-order valence-corrected chi connectivity index (χ2v) is 3.97. The summed E-state index contributed by atoms with van der Waals surface area (Å²) < 4.78 is 10.4. The normalized spacial score (nSPS) is 10.1. The molecular formula is C13H13N3O4. The van der Waals surface area contributed by atoms with Crippen LogP contribution in [0.4, 0.5) is 11.5 Å². The van der Waals surface area contributed by atoms with Crippen LogP contribution in [-0.4, -0.2) is 17.0 Å². The van der Waals surface area contributed by atoms with E-state index in [9.17, 15) is 10.1 Å². The minimum absolute atomic E-state index is 0.140. The van der Waals surface area contributed by atoms with E-state index in [4.69, 9.17) is 15.2 Å². The summed E-state index contributed by atoms with van der Waals surface area (Å²) in [4.78, 5) is 14.3. The Morgan fingerprint density at radius 1 is 1.35 bits per heavy atom. The average Bonchev–Trinajstić information content (AvgIpc) is 2.45. The van der Waals surface area contributed by atoms with Gasteiger partial charge in [-0.3, -0.25) is 10.1 Å². The van der Waals surface area contributed by atoms with Crippen LogP contribution >= 0.6 is 0 Å². The lowest BCUT2D eigenvalue weighted by Crippen LogP contribution is -1.99. The van der Waals surface area contributed by atoms with E-state index in [2.05, 4.69) is 4.98 Å². The monoisotopic (exact) mass is 275 g/mol. The van der Waals surface area contributed by atoms with Gasteiger partial charge in [-0.2, -0.15) is 0 Å². The fourth-order valence-corrected chi connectivity index (χ4v) is 1.65. The van der Waals surface area contributed by atoms with E-state index in [1.165, 1.54) is 19.2 Å². The molecule has 0 fully saturated rings. The summed E-state index contributed by atoms with van der Waals surface area (Å²) in [5, 5.41) is 10.9. The number of aromatic nitrogens is 1. The van der Waals surface area contributed by atoms with Crippen molar-refractivity contribution < 1.29 is 14.4 Å². The number of ether oxygens (including phenoxy) is 2. The Balaban J connectivity index is 2.14. The van der Waals surface area contributed by atoms with E-state index in [1.807, 2.05) is 0 Å². The van der Waals surface area contributed by atoms with Crippen molar-refractivity contribution in [3.8, 4) is 11.5 Å². The van der Waals surface area contributed by atoms with Gasteiger partial charge in [-0.25, -0.2) is 4.98 Å². The van der Waals surface area contributed by atoms with Gasteiger partial charge in [0, 0.05) is 6.20 Å². The number of benzene rings is 1. The summed E-state index contributed by atoms with van der Waals surface area (Å²) in [5.74, 6) is 0.968. The average molecular weight is 275 g/mol. The van der Waals surface area contributed by atoms with Crippen molar-refractivity contribution >= 4 is 11.5 Å². The first-order valence-corrected chi connectivity index (χ1v) is 5.76. The molecule has 0 radical (unpaired) electrons. The fourth-order valence-electron chi connectivity index (χ4n) is 1.65.